The van der Waals surface area contributed by atoms with E-state index >= 15 is 0 Å². The molecule has 2 amide bonds. The van der Waals surface area contributed by atoms with Crippen molar-refractivity contribution in [2.45, 2.75) is 55.2 Å². The molecule has 2 aliphatic rings. The van der Waals surface area contributed by atoms with Crippen LogP contribution in [0.4, 0.5) is 5.69 Å². The minimum atomic E-state index is -1.37. The van der Waals surface area contributed by atoms with Crippen LogP contribution in [0.25, 0.3) is 10.9 Å². The number of amides is 2. The Balaban J connectivity index is 1.43. The predicted molar refractivity (Wildman–Crippen MR) is 198 cm³/mol. The number of halogens is 6. The van der Waals surface area contributed by atoms with Gasteiger partial charge in [0, 0.05) is 15.2 Å². The van der Waals surface area contributed by atoms with E-state index in [9.17, 15) is 19.2 Å². The summed E-state index contributed by atoms with van der Waals surface area (Å²) in [4.78, 5) is 62.1. The van der Waals surface area contributed by atoms with Gasteiger partial charge in [0.25, 0.3) is 11.8 Å². The minimum absolute atomic E-state index is 0.00404. The van der Waals surface area contributed by atoms with Gasteiger partial charge in [0.15, 0.2) is 11.6 Å². The zero-order chi connectivity index (χ0) is 34.6. The lowest BCUT2D eigenvalue weighted by Gasteiger charge is -2.17. The number of fused-ring (bicyclic) bond motifs is 3. The molecule has 0 bridgehead atoms. The van der Waals surface area contributed by atoms with Gasteiger partial charge in [-0.3, -0.25) is 19.2 Å². The van der Waals surface area contributed by atoms with E-state index in [2.05, 4.69) is 0 Å². The van der Waals surface area contributed by atoms with Gasteiger partial charge in [-0.15, -0.1) is 23.5 Å². The first-order valence-electron chi connectivity index (χ1n) is 15.0. The molecule has 1 unspecified atom stereocenters. The van der Waals surface area contributed by atoms with Crippen molar-refractivity contribution in [3.05, 3.63) is 88.4 Å². The SMILES string of the molecule is CCCCSc1c(Cl)c(Cl)c2c(c1Cl)C(=O)C(c1ccc3cccc(N4C(=O)c5c(Cl)c(Cl)c(SCCCC)c(Cl)c5C4=O)c3n1)C2=O. The molecule has 0 saturated carbocycles. The number of hydrogen-bond donors (Lipinski definition) is 0. The minimum Gasteiger partial charge on any atom is -0.293 e. The van der Waals surface area contributed by atoms with E-state index < -0.39 is 29.3 Å². The molecular weight excluding hydrogens is 777 g/mol. The topological polar surface area (TPSA) is 84.4 Å². The van der Waals surface area contributed by atoms with Crippen LogP contribution in [0.5, 0.6) is 0 Å². The number of rotatable bonds is 10. The fourth-order valence-electron chi connectivity index (χ4n) is 5.73. The first-order valence-corrected chi connectivity index (χ1v) is 19.2. The molecule has 3 aromatic carbocycles. The zero-order valence-electron chi connectivity index (χ0n) is 25.3. The molecule has 6 nitrogen and oxygen atoms in total. The number of hydrogen-bond acceptors (Lipinski definition) is 7. The largest absolute Gasteiger partial charge is 0.293 e. The molecule has 0 radical (unpaired) electrons. The Morgan fingerprint density at radius 2 is 1.15 bits per heavy atom. The Kier molecular flexibility index (Phi) is 10.7. The van der Waals surface area contributed by atoms with Crippen molar-refractivity contribution < 1.29 is 19.2 Å². The van der Waals surface area contributed by atoms with E-state index in [1.165, 1.54) is 23.5 Å². The highest BCUT2D eigenvalue weighted by Gasteiger charge is 2.46. The molecule has 0 spiro atoms. The van der Waals surface area contributed by atoms with Gasteiger partial charge in [0.05, 0.1) is 69.3 Å². The Labute approximate surface area is 315 Å². The fourth-order valence-corrected chi connectivity index (χ4v) is 10.3. The summed E-state index contributed by atoms with van der Waals surface area (Å²) in [6.07, 6.45) is 3.67. The lowest BCUT2D eigenvalue weighted by Crippen LogP contribution is -2.30. The number of ketones is 2. The van der Waals surface area contributed by atoms with Gasteiger partial charge in [0.1, 0.15) is 5.92 Å². The van der Waals surface area contributed by atoms with Gasteiger partial charge in [0.2, 0.25) is 0 Å². The van der Waals surface area contributed by atoms with Crippen LogP contribution in [0, 0.1) is 0 Å². The molecule has 6 rings (SSSR count). The molecule has 2 heterocycles. The molecule has 0 saturated heterocycles. The summed E-state index contributed by atoms with van der Waals surface area (Å²) in [5.74, 6) is -2.57. The van der Waals surface area contributed by atoms with Gasteiger partial charge in [-0.25, -0.2) is 9.88 Å². The first kappa shape index (κ1) is 35.8. The molecule has 0 N–H and O–H groups in total. The van der Waals surface area contributed by atoms with Crippen molar-refractivity contribution in [2.75, 3.05) is 16.4 Å². The van der Waals surface area contributed by atoms with E-state index in [1.54, 1.807) is 30.3 Å². The average molecular weight is 801 g/mol. The predicted octanol–water partition coefficient (Wildman–Crippen LogP) is 11.9. The normalized spacial score (nSPS) is 15.7. The number of nitrogens with zero attached hydrogens (tertiary/aromatic N) is 2. The number of aromatic nitrogens is 1. The summed E-state index contributed by atoms with van der Waals surface area (Å²) in [6.45, 7) is 4.10. The Bertz CT molecular complexity index is 2090. The number of para-hydroxylation sites is 1. The highest BCUT2D eigenvalue weighted by atomic mass is 35.5. The molecule has 1 atom stereocenters. The molecular formula is C34H24Cl6N2O4S2. The smallest absolute Gasteiger partial charge is 0.267 e. The number of benzene rings is 3. The highest BCUT2D eigenvalue weighted by molar-refractivity contribution is 7.99. The van der Waals surface area contributed by atoms with Gasteiger partial charge in [-0.05, 0) is 36.5 Å². The second-order valence-corrected chi connectivity index (χ2v) is 15.6. The van der Waals surface area contributed by atoms with E-state index in [4.69, 9.17) is 74.6 Å². The number of anilines is 1. The standard InChI is InChI=1S/C34H24Cl6N2O4S2/c1-3-5-12-47-31-24(37)19-18(22(35)26(31)39)29(43)17(30(19)44)15-11-10-14-8-7-9-16(28(14)41-15)42-33(45)20-21(34(42)46)25(38)32(27(40)23(20)36)48-13-6-4-2/h7-11,17H,3-6,12-13H2,1-2H3. The molecule has 248 valence electrons. The number of Topliss-reactive ketones (excluding diaryl/α,β-unsaturated/α-hetero) is 2. The number of carbonyl (C=O) groups is 4. The van der Waals surface area contributed by atoms with Crippen LogP contribution in [0.3, 0.4) is 0 Å². The summed E-state index contributed by atoms with van der Waals surface area (Å²) in [7, 11) is 0. The van der Waals surface area contributed by atoms with Crippen molar-refractivity contribution in [3.8, 4) is 0 Å². The summed E-state index contributed by atoms with van der Waals surface area (Å²) in [5.41, 5.74) is 0.213. The van der Waals surface area contributed by atoms with Crippen LogP contribution in [0.15, 0.2) is 40.1 Å². The van der Waals surface area contributed by atoms with Crippen molar-refractivity contribution in [2.24, 2.45) is 0 Å². The van der Waals surface area contributed by atoms with Crippen LogP contribution in [0.2, 0.25) is 30.1 Å². The van der Waals surface area contributed by atoms with Crippen LogP contribution in [-0.4, -0.2) is 39.9 Å². The summed E-state index contributed by atoms with van der Waals surface area (Å²) < 4.78 is 0. The van der Waals surface area contributed by atoms with Crippen LogP contribution in [0.1, 0.15) is 92.6 Å². The number of thioether (sulfide) groups is 2. The van der Waals surface area contributed by atoms with E-state index in [-0.39, 0.29) is 69.3 Å². The maximum atomic E-state index is 14.0. The van der Waals surface area contributed by atoms with Gasteiger partial charge >= 0.3 is 0 Å². The van der Waals surface area contributed by atoms with Crippen molar-refractivity contribution in [3.63, 3.8) is 0 Å². The molecule has 1 aliphatic heterocycles. The van der Waals surface area contributed by atoms with Crippen LogP contribution < -0.4 is 4.90 Å². The number of imide groups is 1. The maximum absolute atomic E-state index is 14.0. The lowest BCUT2D eigenvalue weighted by atomic mass is 9.98. The zero-order valence-corrected chi connectivity index (χ0v) is 31.5. The third-order valence-corrected chi connectivity index (χ3v) is 13.4. The Morgan fingerprint density at radius 3 is 1.71 bits per heavy atom. The number of carbonyl (C=O) groups excluding carboxylic acids is 4. The van der Waals surface area contributed by atoms with Crippen molar-refractivity contribution >= 4 is 133 Å². The molecule has 1 aliphatic carbocycles. The molecule has 1 aromatic heterocycles. The second kappa shape index (κ2) is 14.3. The monoisotopic (exact) mass is 798 g/mol. The fraction of sp³-hybridized carbons (Fsp3) is 0.265. The first-order chi connectivity index (χ1) is 23.0. The molecule has 0 fully saturated rings. The second-order valence-electron chi connectivity index (χ2n) is 11.1. The van der Waals surface area contributed by atoms with Crippen molar-refractivity contribution in [1.29, 1.82) is 0 Å². The van der Waals surface area contributed by atoms with Gasteiger partial charge < -0.3 is 0 Å². The van der Waals surface area contributed by atoms with Gasteiger partial charge in [-0.2, -0.15) is 0 Å². The Hall–Kier alpha value is -2.01. The van der Waals surface area contributed by atoms with Crippen LogP contribution in [-0.2, 0) is 0 Å². The molecule has 48 heavy (non-hydrogen) atoms. The Morgan fingerprint density at radius 1 is 0.646 bits per heavy atom. The molecule has 14 heteroatoms. The van der Waals surface area contributed by atoms with E-state index in [0.29, 0.717) is 26.7 Å². The molecule has 4 aromatic rings. The average Bonchev–Trinajstić information content (AvgIpc) is 3.49. The van der Waals surface area contributed by atoms with E-state index in [1.807, 2.05) is 13.8 Å². The summed E-state index contributed by atoms with van der Waals surface area (Å²) >= 11 is 42.5. The number of unbranched alkanes of at least 4 members (excludes halogenated alkanes) is 2. The summed E-state index contributed by atoms with van der Waals surface area (Å²) in [6, 6.07) is 8.14. The lowest BCUT2D eigenvalue weighted by molar-refractivity contribution is 0.0882. The third-order valence-electron chi connectivity index (χ3n) is 8.16. The number of pyridine rings is 1. The van der Waals surface area contributed by atoms with Crippen LogP contribution >= 0.6 is 93.1 Å². The third kappa shape index (κ3) is 5.74. The van der Waals surface area contributed by atoms with Crippen molar-refractivity contribution in [1.82, 2.24) is 4.98 Å². The maximum Gasteiger partial charge on any atom is 0.267 e. The van der Waals surface area contributed by atoms with E-state index in [0.717, 1.165) is 30.6 Å². The quantitative estimate of drug-likeness (QED) is 0.0519. The summed E-state index contributed by atoms with van der Waals surface area (Å²) in [5, 5.41) is 0.788. The van der Waals surface area contributed by atoms with Gasteiger partial charge in [-0.1, -0.05) is 114 Å². The highest BCUT2D eigenvalue weighted by Crippen LogP contribution is 2.51.